The van der Waals surface area contributed by atoms with Crippen molar-refractivity contribution < 1.29 is 5.11 Å². The van der Waals surface area contributed by atoms with Gasteiger partial charge >= 0.3 is 0 Å². The van der Waals surface area contributed by atoms with Crippen LogP contribution in [0.15, 0.2) is 0 Å². The molecule has 102 valence electrons. The predicted molar refractivity (Wildman–Crippen MR) is 76.3 cm³/mol. The second-order valence-electron chi connectivity index (χ2n) is 5.41. The second kappa shape index (κ2) is 6.13. The summed E-state index contributed by atoms with van der Waals surface area (Å²) in [6.07, 6.45) is 4.36. The van der Waals surface area contributed by atoms with Gasteiger partial charge in [0, 0.05) is 23.9 Å². The van der Waals surface area contributed by atoms with Crippen LogP contribution in [-0.4, -0.2) is 41.2 Å². The molecule has 0 spiro atoms. The normalized spacial score (nSPS) is 21.1. The number of thiazole rings is 1. The maximum Gasteiger partial charge on any atom is 0.0900 e. The summed E-state index contributed by atoms with van der Waals surface area (Å²) in [6.45, 7) is 5.92. The Labute approximate surface area is 114 Å². The number of rotatable bonds is 5. The molecule has 1 heterocycles. The molecule has 1 aromatic rings. The maximum atomic E-state index is 9.70. The van der Waals surface area contributed by atoms with Crippen LogP contribution >= 0.6 is 11.3 Å². The molecule has 0 radical (unpaired) electrons. The highest BCUT2D eigenvalue weighted by Gasteiger charge is 2.25. The van der Waals surface area contributed by atoms with Crippen molar-refractivity contribution in [2.45, 2.75) is 51.6 Å². The largest absolute Gasteiger partial charge is 0.392 e. The number of hydrogen-bond acceptors (Lipinski definition) is 4. The molecule has 0 aromatic carbocycles. The van der Waals surface area contributed by atoms with Crippen molar-refractivity contribution in [1.29, 1.82) is 0 Å². The number of aliphatic hydroxyl groups is 1. The van der Waals surface area contributed by atoms with Gasteiger partial charge in [-0.1, -0.05) is 6.92 Å². The van der Waals surface area contributed by atoms with Crippen LogP contribution in [0.4, 0.5) is 0 Å². The van der Waals surface area contributed by atoms with Crippen molar-refractivity contribution in [1.82, 2.24) is 9.88 Å². The lowest BCUT2D eigenvalue weighted by atomic mass is 9.90. The molecule has 0 bridgehead atoms. The van der Waals surface area contributed by atoms with Crippen molar-refractivity contribution in [2.75, 3.05) is 20.1 Å². The van der Waals surface area contributed by atoms with Gasteiger partial charge in [0.2, 0.25) is 0 Å². The molecular formula is C14H24N2OS. The van der Waals surface area contributed by atoms with Crippen molar-refractivity contribution >= 4 is 11.3 Å². The zero-order valence-electron chi connectivity index (χ0n) is 11.6. The zero-order valence-corrected chi connectivity index (χ0v) is 12.5. The van der Waals surface area contributed by atoms with Gasteiger partial charge in [-0.25, -0.2) is 4.98 Å². The van der Waals surface area contributed by atoms with Crippen LogP contribution in [0.2, 0.25) is 0 Å². The summed E-state index contributed by atoms with van der Waals surface area (Å²) in [7, 11) is 2.10. The molecule has 1 N–H and O–H groups in total. The molecule has 1 aliphatic rings. The van der Waals surface area contributed by atoms with E-state index < -0.39 is 0 Å². The summed E-state index contributed by atoms with van der Waals surface area (Å²) >= 11 is 1.86. The van der Waals surface area contributed by atoms with Crippen LogP contribution in [0.25, 0.3) is 0 Å². The molecule has 2 atom stereocenters. The fourth-order valence-electron chi connectivity index (χ4n) is 2.75. The Morgan fingerprint density at radius 1 is 1.56 bits per heavy atom. The first-order chi connectivity index (χ1) is 8.60. The number of likely N-dealkylation sites (N-methyl/N-ethyl adjacent to an activating group) is 1. The maximum absolute atomic E-state index is 9.70. The van der Waals surface area contributed by atoms with E-state index in [1.54, 1.807) is 0 Å². The quantitative estimate of drug-likeness (QED) is 0.891. The topological polar surface area (TPSA) is 36.4 Å². The molecule has 1 unspecified atom stereocenters. The minimum Gasteiger partial charge on any atom is -0.392 e. The van der Waals surface area contributed by atoms with E-state index in [4.69, 9.17) is 4.98 Å². The highest BCUT2D eigenvalue weighted by atomic mass is 32.1. The summed E-state index contributed by atoms with van der Waals surface area (Å²) < 4.78 is 0. The number of hydrogen-bond donors (Lipinski definition) is 1. The van der Waals surface area contributed by atoms with E-state index in [0.717, 1.165) is 19.5 Å². The van der Waals surface area contributed by atoms with Gasteiger partial charge in [-0.05, 0) is 39.7 Å². The lowest BCUT2D eigenvalue weighted by molar-refractivity contribution is 0.118. The van der Waals surface area contributed by atoms with Crippen LogP contribution in [0.1, 0.15) is 47.7 Å². The Morgan fingerprint density at radius 3 is 3.06 bits per heavy atom. The molecular weight excluding hydrogens is 244 g/mol. The predicted octanol–water partition coefficient (Wildman–Crippen LogP) is 2.57. The van der Waals surface area contributed by atoms with Crippen molar-refractivity contribution in [3.8, 4) is 0 Å². The standard InChI is InChI=1S/C14H24N2OS/c1-4-12(17)9-16(3)8-11-6-5-7-13-14(11)15-10(2)18-13/h11-12,17H,4-9H2,1-3H3/t11?,12-/m0/s1. The average molecular weight is 268 g/mol. The lowest BCUT2D eigenvalue weighted by Gasteiger charge is -2.27. The summed E-state index contributed by atoms with van der Waals surface area (Å²) in [5, 5.41) is 10.9. The van der Waals surface area contributed by atoms with Crippen LogP contribution in [0, 0.1) is 6.92 Å². The van der Waals surface area contributed by atoms with Crippen LogP contribution in [0.3, 0.4) is 0 Å². The highest BCUT2D eigenvalue weighted by molar-refractivity contribution is 7.11. The molecule has 0 saturated heterocycles. The minimum atomic E-state index is -0.199. The molecule has 0 aliphatic heterocycles. The zero-order chi connectivity index (χ0) is 13.1. The summed E-state index contributed by atoms with van der Waals surface area (Å²) in [4.78, 5) is 8.46. The Kier molecular flexibility index (Phi) is 4.76. The smallest absolute Gasteiger partial charge is 0.0900 e. The molecule has 1 aromatic heterocycles. The van der Waals surface area contributed by atoms with E-state index >= 15 is 0 Å². The molecule has 2 rings (SSSR count). The van der Waals surface area contributed by atoms with E-state index in [-0.39, 0.29) is 6.10 Å². The third kappa shape index (κ3) is 3.31. The fraction of sp³-hybridized carbons (Fsp3) is 0.786. The van der Waals surface area contributed by atoms with E-state index in [2.05, 4.69) is 18.9 Å². The third-order valence-electron chi connectivity index (χ3n) is 3.70. The van der Waals surface area contributed by atoms with Gasteiger partial charge in [-0.15, -0.1) is 11.3 Å². The molecule has 0 saturated carbocycles. The van der Waals surface area contributed by atoms with Gasteiger partial charge in [0.25, 0.3) is 0 Å². The number of aromatic nitrogens is 1. The number of aryl methyl sites for hydroxylation is 2. The molecule has 0 fully saturated rings. The van der Waals surface area contributed by atoms with Gasteiger partial charge in [0.1, 0.15) is 0 Å². The fourth-order valence-corrected chi connectivity index (χ4v) is 3.81. The lowest BCUT2D eigenvalue weighted by Crippen LogP contribution is -2.33. The van der Waals surface area contributed by atoms with Gasteiger partial charge in [-0.3, -0.25) is 0 Å². The SMILES string of the molecule is CC[C@H](O)CN(C)CC1CCCc2sc(C)nc21. The summed E-state index contributed by atoms with van der Waals surface area (Å²) in [5.41, 5.74) is 1.33. The van der Waals surface area contributed by atoms with Gasteiger partial charge in [-0.2, -0.15) is 0 Å². The number of nitrogens with zero attached hydrogens (tertiary/aromatic N) is 2. The van der Waals surface area contributed by atoms with Crippen LogP contribution < -0.4 is 0 Å². The van der Waals surface area contributed by atoms with Crippen molar-refractivity contribution in [2.24, 2.45) is 0 Å². The molecule has 3 nitrogen and oxygen atoms in total. The Balaban J connectivity index is 1.98. The Bertz CT molecular complexity index is 391. The second-order valence-corrected chi connectivity index (χ2v) is 6.70. The third-order valence-corrected chi connectivity index (χ3v) is 4.75. The highest BCUT2D eigenvalue weighted by Crippen LogP contribution is 2.34. The summed E-state index contributed by atoms with van der Waals surface area (Å²) in [5.74, 6) is 0.563. The van der Waals surface area contributed by atoms with E-state index in [1.165, 1.54) is 34.8 Å². The number of fused-ring (bicyclic) bond motifs is 1. The monoisotopic (exact) mass is 268 g/mol. The van der Waals surface area contributed by atoms with Crippen LogP contribution in [0.5, 0.6) is 0 Å². The van der Waals surface area contributed by atoms with E-state index in [0.29, 0.717) is 5.92 Å². The first-order valence-corrected chi connectivity index (χ1v) is 7.74. The van der Waals surface area contributed by atoms with Crippen LogP contribution in [-0.2, 0) is 6.42 Å². The van der Waals surface area contributed by atoms with E-state index in [9.17, 15) is 5.11 Å². The van der Waals surface area contributed by atoms with Gasteiger partial charge < -0.3 is 10.0 Å². The average Bonchev–Trinajstić information content (AvgIpc) is 2.70. The molecule has 1 aliphatic carbocycles. The van der Waals surface area contributed by atoms with E-state index in [1.807, 2.05) is 18.3 Å². The Hall–Kier alpha value is -0.450. The van der Waals surface area contributed by atoms with Crippen molar-refractivity contribution in [3.05, 3.63) is 15.6 Å². The molecule has 4 heteroatoms. The minimum absolute atomic E-state index is 0.199. The first kappa shape index (κ1) is 14.0. The van der Waals surface area contributed by atoms with Crippen molar-refractivity contribution in [3.63, 3.8) is 0 Å². The van der Waals surface area contributed by atoms with Gasteiger partial charge in [0.05, 0.1) is 16.8 Å². The number of aliphatic hydroxyl groups excluding tert-OH is 1. The summed E-state index contributed by atoms with van der Waals surface area (Å²) in [6, 6.07) is 0. The van der Waals surface area contributed by atoms with Gasteiger partial charge in [0.15, 0.2) is 0 Å². The first-order valence-electron chi connectivity index (χ1n) is 6.93. The molecule has 0 amide bonds. The Morgan fingerprint density at radius 2 is 2.33 bits per heavy atom. The molecule has 18 heavy (non-hydrogen) atoms.